The third-order valence-corrected chi connectivity index (χ3v) is 0.635. The standard InChI is InChI=1S/C5H9NO3/c1-5(8)9-3-2-6-4-7/h4H,2-3H2,1H3,(H,6,7). The van der Waals surface area contributed by atoms with Crippen molar-refractivity contribution < 1.29 is 14.3 Å². The number of hydrogen-bond acceptors (Lipinski definition) is 3. The van der Waals surface area contributed by atoms with Crippen LogP contribution in [-0.4, -0.2) is 25.5 Å². The maximum Gasteiger partial charge on any atom is 0.302 e. The van der Waals surface area contributed by atoms with Crippen LogP contribution in [0.5, 0.6) is 0 Å². The van der Waals surface area contributed by atoms with Crippen LogP contribution in [-0.2, 0) is 14.3 Å². The highest BCUT2D eigenvalue weighted by Gasteiger charge is 1.88. The molecule has 1 N–H and O–H groups in total. The lowest BCUT2D eigenvalue weighted by molar-refractivity contribution is -0.141. The van der Waals surface area contributed by atoms with Crippen molar-refractivity contribution in [2.24, 2.45) is 0 Å². The second-order valence-electron chi connectivity index (χ2n) is 1.41. The summed E-state index contributed by atoms with van der Waals surface area (Å²) in [6.07, 6.45) is 0.559. The van der Waals surface area contributed by atoms with Crippen LogP contribution in [0.2, 0.25) is 0 Å². The monoisotopic (exact) mass is 131 g/mol. The average molecular weight is 131 g/mol. The smallest absolute Gasteiger partial charge is 0.302 e. The van der Waals surface area contributed by atoms with E-state index < -0.39 is 0 Å². The van der Waals surface area contributed by atoms with Gasteiger partial charge in [0.15, 0.2) is 0 Å². The van der Waals surface area contributed by atoms with Gasteiger partial charge in [-0.25, -0.2) is 0 Å². The van der Waals surface area contributed by atoms with Gasteiger partial charge in [-0.1, -0.05) is 0 Å². The van der Waals surface area contributed by atoms with Crippen molar-refractivity contribution in [1.82, 2.24) is 5.32 Å². The number of carbonyl (C=O) groups excluding carboxylic acids is 2. The van der Waals surface area contributed by atoms with Crippen molar-refractivity contribution in [2.45, 2.75) is 6.92 Å². The maximum absolute atomic E-state index is 10.1. The SMILES string of the molecule is CC(=O)OCCNC=O. The molecule has 0 aliphatic heterocycles. The Hall–Kier alpha value is -1.06. The molecule has 4 nitrogen and oxygen atoms in total. The van der Waals surface area contributed by atoms with Crippen LogP contribution in [0.4, 0.5) is 0 Å². The van der Waals surface area contributed by atoms with Crippen LogP contribution in [0.3, 0.4) is 0 Å². The number of rotatable bonds is 4. The van der Waals surface area contributed by atoms with Crippen LogP contribution in [0, 0.1) is 0 Å². The summed E-state index contributed by atoms with van der Waals surface area (Å²) in [5, 5.41) is 2.35. The van der Waals surface area contributed by atoms with Crippen molar-refractivity contribution in [1.29, 1.82) is 0 Å². The van der Waals surface area contributed by atoms with Gasteiger partial charge in [0.25, 0.3) is 0 Å². The molecule has 0 aliphatic carbocycles. The zero-order chi connectivity index (χ0) is 7.11. The normalized spacial score (nSPS) is 8.11. The summed E-state index contributed by atoms with van der Waals surface area (Å²) < 4.78 is 4.48. The molecule has 0 aromatic carbocycles. The van der Waals surface area contributed by atoms with E-state index in [1.165, 1.54) is 6.92 Å². The summed E-state index contributed by atoms with van der Waals surface area (Å²) >= 11 is 0. The molecule has 0 spiro atoms. The van der Waals surface area contributed by atoms with Crippen molar-refractivity contribution in [3.05, 3.63) is 0 Å². The van der Waals surface area contributed by atoms with E-state index in [0.29, 0.717) is 13.0 Å². The Morgan fingerprint density at radius 1 is 1.78 bits per heavy atom. The van der Waals surface area contributed by atoms with Crippen molar-refractivity contribution in [2.75, 3.05) is 13.2 Å². The molecular weight excluding hydrogens is 122 g/mol. The summed E-state index contributed by atoms with van der Waals surface area (Å²) in [5.41, 5.74) is 0. The predicted octanol–water partition coefficient (Wildman–Crippen LogP) is -0.705. The number of hydrogen-bond donors (Lipinski definition) is 1. The van der Waals surface area contributed by atoms with Gasteiger partial charge in [0.1, 0.15) is 6.61 Å². The zero-order valence-corrected chi connectivity index (χ0v) is 5.22. The van der Waals surface area contributed by atoms with E-state index in [0.717, 1.165) is 0 Å². The van der Waals surface area contributed by atoms with E-state index in [4.69, 9.17) is 0 Å². The molecule has 0 aliphatic rings. The lowest BCUT2D eigenvalue weighted by Crippen LogP contribution is -2.18. The number of nitrogens with one attached hydrogen (secondary N) is 1. The molecule has 0 aromatic heterocycles. The van der Waals surface area contributed by atoms with Crippen molar-refractivity contribution >= 4 is 12.4 Å². The highest BCUT2D eigenvalue weighted by Crippen LogP contribution is 1.71. The van der Waals surface area contributed by atoms with Gasteiger partial charge in [0.2, 0.25) is 6.41 Å². The van der Waals surface area contributed by atoms with E-state index in [2.05, 4.69) is 10.1 Å². The van der Waals surface area contributed by atoms with Crippen LogP contribution >= 0.6 is 0 Å². The van der Waals surface area contributed by atoms with Crippen LogP contribution in [0.25, 0.3) is 0 Å². The Labute approximate surface area is 53.2 Å². The Balaban J connectivity index is 2.91. The highest BCUT2D eigenvalue weighted by molar-refractivity contribution is 5.65. The first kappa shape index (κ1) is 7.94. The largest absolute Gasteiger partial charge is 0.464 e. The molecule has 0 saturated carbocycles. The molecule has 52 valence electrons. The lowest BCUT2D eigenvalue weighted by Gasteiger charge is -1.98. The molecule has 4 heteroatoms. The summed E-state index contributed by atoms with van der Waals surface area (Å²) in [5.74, 6) is -0.331. The molecular formula is C5H9NO3. The van der Waals surface area contributed by atoms with Gasteiger partial charge in [-0.2, -0.15) is 0 Å². The van der Waals surface area contributed by atoms with Crippen LogP contribution in [0.15, 0.2) is 0 Å². The Morgan fingerprint density at radius 3 is 2.89 bits per heavy atom. The third kappa shape index (κ3) is 6.94. The minimum atomic E-state index is -0.331. The van der Waals surface area contributed by atoms with Crippen LogP contribution in [0.1, 0.15) is 6.92 Å². The number of amides is 1. The molecule has 9 heavy (non-hydrogen) atoms. The molecule has 0 aromatic rings. The van der Waals surface area contributed by atoms with Gasteiger partial charge >= 0.3 is 5.97 Å². The molecule has 0 bridgehead atoms. The number of ether oxygens (including phenoxy) is 1. The molecule has 1 amide bonds. The first-order chi connectivity index (χ1) is 4.27. The first-order valence-electron chi connectivity index (χ1n) is 2.57. The molecule has 0 rings (SSSR count). The lowest BCUT2D eigenvalue weighted by atomic mass is 10.7. The summed E-state index contributed by atoms with van der Waals surface area (Å²) in [6, 6.07) is 0. The molecule has 0 heterocycles. The van der Waals surface area contributed by atoms with Crippen LogP contribution < -0.4 is 5.32 Å². The minimum absolute atomic E-state index is 0.244. The van der Waals surface area contributed by atoms with Crippen molar-refractivity contribution in [3.63, 3.8) is 0 Å². The molecule has 0 radical (unpaired) electrons. The Morgan fingerprint density at radius 2 is 2.44 bits per heavy atom. The van der Waals surface area contributed by atoms with E-state index in [1.807, 2.05) is 0 Å². The fourth-order valence-corrected chi connectivity index (χ4v) is 0.313. The summed E-state index contributed by atoms with van der Waals surface area (Å²) in [7, 11) is 0. The van der Waals surface area contributed by atoms with Gasteiger partial charge < -0.3 is 10.1 Å². The molecule has 0 saturated heterocycles. The molecule has 0 fully saturated rings. The van der Waals surface area contributed by atoms with Gasteiger partial charge in [-0.15, -0.1) is 0 Å². The second kappa shape index (κ2) is 5.08. The van der Waals surface area contributed by atoms with E-state index in [-0.39, 0.29) is 12.6 Å². The van der Waals surface area contributed by atoms with E-state index in [9.17, 15) is 9.59 Å². The third-order valence-electron chi connectivity index (χ3n) is 0.635. The van der Waals surface area contributed by atoms with Gasteiger partial charge in [0, 0.05) is 6.92 Å². The Bertz CT molecular complexity index is 102. The fourth-order valence-electron chi connectivity index (χ4n) is 0.313. The van der Waals surface area contributed by atoms with E-state index in [1.54, 1.807) is 0 Å². The molecule has 0 atom stereocenters. The number of carbonyl (C=O) groups is 2. The van der Waals surface area contributed by atoms with Crippen molar-refractivity contribution in [3.8, 4) is 0 Å². The quantitative estimate of drug-likeness (QED) is 0.311. The van der Waals surface area contributed by atoms with Gasteiger partial charge in [-0.05, 0) is 0 Å². The predicted molar refractivity (Wildman–Crippen MR) is 30.7 cm³/mol. The van der Waals surface area contributed by atoms with E-state index >= 15 is 0 Å². The average Bonchev–Trinajstić information content (AvgIpc) is 1.80. The van der Waals surface area contributed by atoms with Gasteiger partial charge in [0.05, 0.1) is 6.54 Å². The first-order valence-corrected chi connectivity index (χ1v) is 2.57. The maximum atomic E-state index is 10.1. The highest BCUT2D eigenvalue weighted by atomic mass is 16.5. The summed E-state index contributed by atoms with van der Waals surface area (Å²) in [4.78, 5) is 19.7. The Kier molecular flexibility index (Phi) is 4.49. The fraction of sp³-hybridized carbons (Fsp3) is 0.600. The minimum Gasteiger partial charge on any atom is -0.464 e. The zero-order valence-electron chi connectivity index (χ0n) is 5.22. The number of esters is 1. The summed E-state index contributed by atoms with van der Waals surface area (Å²) in [6.45, 7) is 1.94. The van der Waals surface area contributed by atoms with Gasteiger partial charge in [-0.3, -0.25) is 9.59 Å². The molecule has 0 unspecified atom stereocenters. The topological polar surface area (TPSA) is 55.4 Å². The second-order valence-corrected chi connectivity index (χ2v) is 1.41.